The molecular formula is C48H30O. The minimum absolute atomic E-state index is 0.176. The van der Waals surface area contributed by atoms with E-state index in [4.69, 9.17) is 18.1 Å². The highest BCUT2D eigenvalue weighted by atomic mass is 16.3. The molecule has 1 heterocycles. The lowest BCUT2D eigenvalue weighted by Crippen LogP contribution is -1.91. The van der Waals surface area contributed by atoms with Crippen molar-refractivity contribution in [3.05, 3.63) is 182 Å². The summed E-state index contributed by atoms with van der Waals surface area (Å²) in [5.41, 5.74) is 0.763. The van der Waals surface area contributed by atoms with Crippen LogP contribution in [0.2, 0.25) is 0 Å². The normalized spacial score (nSPS) is 16.5. The van der Waals surface area contributed by atoms with Gasteiger partial charge in [0.2, 0.25) is 0 Å². The van der Waals surface area contributed by atoms with Crippen LogP contribution in [0.1, 0.15) is 23.3 Å². The van der Waals surface area contributed by atoms with Crippen LogP contribution in [0.15, 0.2) is 186 Å². The van der Waals surface area contributed by atoms with E-state index in [2.05, 4.69) is 0 Å². The molecule has 1 aromatic heterocycles. The topological polar surface area (TPSA) is 13.1 Å². The molecule has 1 heteroatoms. The summed E-state index contributed by atoms with van der Waals surface area (Å²) < 4.78 is 159. The van der Waals surface area contributed by atoms with Gasteiger partial charge in [0.05, 0.1) is 23.3 Å². The lowest BCUT2D eigenvalue weighted by molar-refractivity contribution is 0.670. The molecule has 0 N–H and O–H groups in total. The first-order chi connectivity index (χ1) is 31.4. The van der Waals surface area contributed by atoms with Crippen LogP contribution in [-0.4, -0.2) is 0 Å². The van der Waals surface area contributed by atoms with Crippen LogP contribution in [0.5, 0.6) is 0 Å². The van der Waals surface area contributed by atoms with Crippen LogP contribution in [-0.2, 0) is 0 Å². The fraction of sp³-hybridized carbons (Fsp3) is 0. The zero-order valence-corrected chi connectivity index (χ0v) is 25.4. The van der Waals surface area contributed by atoms with Gasteiger partial charge in [0.15, 0.2) is 0 Å². The Kier molecular flexibility index (Phi) is 3.54. The number of benzene rings is 9. The predicted molar refractivity (Wildman–Crippen MR) is 208 cm³/mol. The van der Waals surface area contributed by atoms with Crippen molar-refractivity contribution < 1.29 is 27.7 Å². The number of hydrogen-bond donors (Lipinski definition) is 0. The molecule has 0 fully saturated rings. The molecule has 228 valence electrons. The first-order valence-electron chi connectivity index (χ1n) is 24.0. The Morgan fingerprint density at radius 1 is 0.388 bits per heavy atom. The van der Waals surface area contributed by atoms with E-state index in [9.17, 15) is 9.60 Å². The molecule has 0 amide bonds. The highest BCUT2D eigenvalue weighted by molar-refractivity contribution is 6.21. The maximum atomic E-state index is 9.85. The summed E-state index contributed by atoms with van der Waals surface area (Å²) in [6.45, 7) is 0. The molecule has 0 unspecified atom stereocenters. The van der Waals surface area contributed by atoms with Gasteiger partial charge < -0.3 is 4.42 Å². The Hall–Kier alpha value is -6.44. The van der Waals surface area contributed by atoms with Crippen LogP contribution in [0, 0.1) is 0 Å². The molecule has 10 aromatic rings. The average molecular weight is 640 g/mol. The number of hydrogen-bond acceptors (Lipinski definition) is 1. The third kappa shape index (κ3) is 4.40. The Morgan fingerprint density at radius 2 is 0.980 bits per heavy atom. The zero-order chi connectivity index (χ0) is 47.1. The number of para-hydroxylation sites is 1. The van der Waals surface area contributed by atoms with Crippen molar-refractivity contribution in [3.8, 4) is 44.5 Å². The second kappa shape index (κ2) is 11.1. The first-order valence-corrected chi connectivity index (χ1v) is 15.5. The molecule has 1 nitrogen and oxygen atoms in total. The van der Waals surface area contributed by atoms with E-state index in [1.807, 2.05) is 60.7 Å². The molecule has 0 saturated carbocycles. The van der Waals surface area contributed by atoms with E-state index < -0.39 is 147 Å². The van der Waals surface area contributed by atoms with E-state index >= 15 is 0 Å². The molecule has 0 aliphatic heterocycles. The Balaban J connectivity index is 1.35. The fourth-order valence-corrected chi connectivity index (χ4v) is 6.74. The monoisotopic (exact) mass is 639 g/mol. The maximum Gasteiger partial charge on any atom is 0.143 e. The van der Waals surface area contributed by atoms with Gasteiger partial charge in [-0.3, -0.25) is 0 Å². The third-order valence-electron chi connectivity index (χ3n) is 8.87. The molecule has 0 aliphatic rings. The van der Waals surface area contributed by atoms with E-state index in [0.29, 0.717) is 21.9 Å². The molecule has 0 bridgehead atoms. The van der Waals surface area contributed by atoms with E-state index in [1.165, 1.54) is 0 Å². The molecule has 0 atom stereocenters. The molecule has 10 rings (SSSR count). The van der Waals surface area contributed by atoms with Crippen molar-refractivity contribution in [1.82, 2.24) is 0 Å². The quantitative estimate of drug-likeness (QED) is 0.175. The Bertz CT molecular complexity index is 3740. The minimum atomic E-state index is -0.822. The smallest absolute Gasteiger partial charge is 0.143 e. The van der Waals surface area contributed by atoms with Crippen LogP contribution in [0.3, 0.4) is 0 Å². The summed E-state index contributed by atoms with van der Waals surface area (Å²) in [7, 11) is 0. The minimum Gasteiger partial charge on any atom is -0.455 e. The highest BCUT2D eigenvalue weighted by Gasteiger charge is 2.18. The van der Waals surface area contributed by atoms with Gasteiger partial charge >= 0.3 is 0 Å². The van der Waals surface area contributed by atoms with Gasteiger partial charge in [-0.1, -0.05) is 163 Å². The van der Waals surface area contributed by atoms with Gasteiger partial charge in [0.1, 0.15) is 11.2 Å². The largest absolute Gasteiger partial charge is 0.455 e. The van der Waals surface area contributed by atoms with E-state index in [0.717, 1.165) is 21.9 Å². The van der Waals surface area contributed by atoms with Crippen molar-refractivity contribution in [2.24, 2.45) is 0 Å². The standard InChI is InChI=1S/C48H30O/c1-2-14-32(15-3-1)46-38-20-6-8-22-40(38)47(41-23-9-7-21-39(41)46)35-18-10-17-33(29-35)34-27-28-45-44(30-34)43-26-12-25-42(48(43)49-45)37-24-11-16-31-13-4-5-19-36(31)37/h1-30H/i1D,2D,3D,6D,7D,8D,9D,10D,14D,15D,17D,18D,20D,21D,22D,23D,29D. The van der Waals surface area contributed by atoms with Crippen LogP contribution >= 0.6 is 0 Å². The Labute approximate surface area is 308 Å². The van der Waals surface area contributed by atoms with Crippen molar-refractivity contribution in [2.45, 2.75) is 0 Å². The molecule has 49 heavy (non-hydrogen) atoms. The van der Waals surface area contributed by atoms with Gasteiger partial charge in [-0.05, 0) is 89.4 Å². The molecule has 0 aliphatic carbocycles. The van der Waals surface area contributed by atoms with Crippen molar-refractivity contribution in [1.29, 1.82) is 0 Å². The van der Waals surface area contributed by atoms with Crippen LogP contribution in [0.4, 0.5) is 0 Å². The summed E-state index contributed by atoms with van der Waals surface area (Å²) in [6.07, 6.45) is 0. The van der Waals surface area contributed by atoms with Gasteiger partial charge in [-0.2, -0.15) is 0 Å². The molecular weight excluding hydrogens is 593 g/mol. The Morgan fingerprint density at radius 3 is 1.76 bits per heavy atom. The zero-order valence-electron chi connectivity index (χ0n) is 42.4. The predicted octanol–water partition coefficient (Wildman–Crippen LogP) is 13.7. The molecule has 0 spiro atoms. The van der Waals surface area contributed by atoms with Crippen molar-refractivity contribution >= 4 is 54.3 Å². The summed E-state index contributed by atoms with van der Waals surface area (Å²) >= 11 is 0. The summed E-state index contributed by atoms with van der Waals surface area (Å²) in [4.78, 5) is 0. The van der Waals surface area contributed by atoms with E-state index in [-0.39, 0.29) is 11.1 Å². The first kappa shape index (κ1) is 15.6. The lowest BCUT2D eigenvalue weighted by Gasteiger charge is -2.18. The van der Waals surface area contributed by atoms with Crippen LogP contribution in [0.25, 0.3) is 98.8 Å². The van der Waals surface area contributed by atoms with E-state index in [1.54, 1.807) is 18.2 Å². The van der Waals surface area contributed by atoms with Gasteiger partial charge in [0, 0.05) is 16.3 Å². The van der Waals surface area contributed by atoms with Crippen LogP contribution < -0.4 is 0 Å². The highest BCUT2D eigenvalue weighted by Crippen LogP contribution is 2.45. The second-order valence-corrected chi connectivity index (χ2v) is 11.5. The lowest BCUT2D eigenvalue weighted by atomic mass is 9.85. The van der Waals surface area contributed by atoms with Crippen molar-refractivity contribution in [3.63, 3.8) is 0 Å². The maximum absolute atomic E-state index is 9.85. The SMILES string of the molecule is [2H]c1c([2H])c([2H])c(-c2c3c([2H])c([2H])c([2H])c([2H])c3c(-c3c([2H])c([2H])c([2H])c(-c4ccc5oc6c(-c7cccc8ccccc78)cccc6c5c4)c3[2H])c3c([2H])c([2H])c([2H])c([2H])c23)c([2H])c1[2H]. The third-order valence-corrected chi connectivity index (χ3v) is 8.87. The molecule has 0 saturated heterocycles. The van der Waals surface area contributed by atoms with Gasteiger partial charge in [0.25, 0.3) is 0 Å². The number of rotatable bonds is 4. The summed E-state index contributed by atoms with van der Waals surface area (Å²) in [5, 5.41) is 1.31. The number of furan rings is 1. The summed E-state index contributed by atoms with van der Waals surface area (Å²) in [6, 6.07) is 11.4. The fourth-order valence-electron chi connectivity index (χ4n) is 6.74. The average Bonchev–Trinajstić information content (AvgIpc) is 3.70. The molecule has 9 aromatic carbocycles. The number of fused-ring (bicyclic) bond motifs is 6. The molecule has 0 radical (unpaired) electrons. The van der Waals surface area contributed by atoms with Gasteiger partial charge in [-0.15, -0.1) is 0 Å². The second-order valence-electron chi connectivity index (χ2n) is 11.5. The van der Waals surface area contributed by atoms with Crippen molar-refractivity contribution in [2.75, 3.05) is 0 Å². The summed E-state index contributed by atoms with van der Waals surface area (Å²) in [5.74, 6) is 0. The van der Waals surface area contributed by atoms with Gasteiger partial charge in [-0.25, -0.2) is 0 Å².